The van der Waals surface area contributed by atoms with E-state index in [1.165, 1.54) is 12.1 Å². The highest BCUT2D eigenvalue weighted by molar-refractivity contribution is 7.14. The maximum absolute atomic E-state index is 12.5. The van der Waals surface area contributed by atoms with Crippen molar-refractivity contribution in [2.24, 2.45) is 0 Å². The largest absolute Gasteiger partial charge is 0.416 e. The highest BCUT2D eigenvalue weighted by atomic mass is 32.1. The number of aromatic nitrogens is 1. The van der Waals surface area contributed by atoms with Crippen LogP contribution in [-0.2, 0) is 11.0 Å². The van der Waals surface area contributed by atoms with Gasteiger partial charge in [0, 0.05) is 10.9 Å². The van der Waals surface area contributed by atoms with E-state index in [2.05, 4.69) is 10.3 Å². The number of carbonyl (C=O) groups excluding carboxylic acids is 1. The zero-order valence-electron chi connectivity index (χ0n) is 10.4. The Morgan fingerprint density at radius 1 is 1.33 bits per heavy atom. The average Bonchev–Trinajstić information content (AvgIpc) is 2.86. The summed E-state index contributed by atoms with van der Waals surface area (Å²) in [6.45, 7) is 0. The number of halogens is 3. The molecule has 0 aliphatic rings. The van der Waals surface area contributed by atoms with Crippen molar-refractivity contribution in [3.8, 4) is 17.3 Å². The molecule has 0 saturated carbocycles. The molecule has 0 radical (unpaired) electrons. The number of benzene rings is 1. The summed E-state index contributed by atoms with van der Waals surface area (Å²) in [7, 11) is 0. The van der Waals surface area contributed by atoms with Gasteiger partial charge in [-0.1, -0.05) is 12.1 Å². The van der Waals surface area contributed by atoms with Gasteiger partial charge in [0.05, 0.1) is 17.3 Å². The predicted octanol–water partition coefficient (Wildman–Crippen LogP) is 3.68. The summed E-state index contributed by atoms with van der Waals surface area (Å²) in [5.41, 5.74) is 0.241. The van der Waals surface area contributed by atoms with Crippen LogP contribution in [0.25, 0.3) is 11.3 Å². The highest BCUT2D eigenvalue weighted by Gasteiger charge is 2.30. The van der Waals surface area contributed by atoms with Crippen molar-refractivity contribution < 1.29 is 18.0 Å². The second-order valence-electron chi connectivity index (χ2n) is 4.00. The molecule has 2 rings (SSSR count). The van der Waals surface area contributed by atoms with Crippen LogP contribution in [0.4, 0.5) is 18.3 Å². The number of rotatable bonds is 3. The molecule has 1 heterocycles. The maximum atomic E-state index is 12.5. The average molecular weight is 311 g/mol. The molecular weight excluding hydrogens is 303 g/mol. The van der Waals surface area contributed by atoms with Crippen LogP contribution in [0.2, 0.25) is 0 Å². The van der Waals surface area contributed by atoms with Crippen LogP contribution in [0, 0.1) is 11.3 Å². The Morgan fingerprint density at radius 3 is 2.57 bits per heavy atom. The maximum Gasteiger partial charge on any atom is 0.416 e. The number of thiazole rings is 1. The Kier molecular flexibility index (Phi) is 4.23. The molecule has 0 atom stereocenters. The molecule has 0 aliphatic carbocycles. The Hall–Kier alpha value is -2.40. The number of alkyl halides is 3. The Balaban J connectivity index is 2.15. The molecule has 0 fully saturated rings. The second-order valence-corrected chi connectivity index (χ2v) is 4.85. The van der Waals surface area contributed by atoms with Gasteiger partial charge < -0.3 is 5.32 Å². The molecule has 2 aromatic rings. The molecule has 108 valence electrons. The number of hydrogen-bond acceptors (Lipinski definition) is 4. The van der Waals surface area contributed by atoms with Crippen LogP contribution in [0.5, 0.6) is 0 Å². The fraction of sp³-hybridized carbons (Fsp3) is 0.154. The van der Waals surface area contributed by atoms with Gasteiger partial charge in [-0.15, -0.1) is 11.3 Å². The van der Waals surface area contributed by atoms with Crippen molar-refractivity contribution in [3.05, 3.63) is 35.2 Å². The van der Waals surface area contributed by atoms with Crippen LogP contribution >= 0.6 is 11.3 Å². The number of nitrogens with one attached hydrogen (secondary N) is 1. The predicted molar refractivity (Wildman–Crippen MR) is 71.4 cm³/mol. The van der Waals surface area contributed by atoms with Crippen molar-refractivity contribution in [3.63, 3.8) is 0 Å². The van der Waals surface area contributed by atoms with E-state index in [0.29, 0.717) is 16.4 Å². The Bertz CT molecular complexity index is 686. The third-order valence-corrected chi connectivity index (χ3v) is 3.26. The van der Waals surface area contributed by atoms with Gasteiger partial charge >= 0.3 is 6.18 Å². The summed E-state index contributed by atoms with van der Waals surface area (Å²) in [6.07, 6.45) is -4.66. The number of anilines is 1. The minimum Gasteiger partial charge on any atom is -0.301 e. The van der Waals surface area contributed by atoms with E-state index >= 15 is 0 Å². The third kappa shape index (κ3) is 3.79. The highest BCUT2D eigenvalue weighted by Crippen LogP contribution is 2.31. The molecule has 8 heteroatoms. The van der Waals surface area contributed by atoms with Crippen molar-refractivity contribution in [1.29, 1.82) is 5.26 Å². The molecule has 1 aromatic heterocycles. The van der Waals surface area contributed by atoms with Crippen molar-refractivity contribution in [2.75, 3.05) is 5.32 Å². The van der Waals surface area contributed by atoms with Crippen LogP contribution in [0.1, 0.15) is 12.0 Å². The molecule has 1 amide bonds. The number of amides is 1. The molecule has 21 heavy (non-hydrogen) atoms. The Morgan fingerprint density at radius 2 is 2.00 bits per heavy atom. The van der Waals surface area contributed by atoms with Gasteiger partial charge in [-0.2, -0.15) is 18.4 Å². The number of nitriles is 1. The monoisotopic (exact) mass is 311 g/mol. The first-order valence-electron chi connectivity index (χ1n) is 5.70. The summed E-state index contributed by atoms with van der Waals surface area (Å²) in [4.78, 5) is 15.3. The molecular formula is C13H8F3N3OS. The molecule has 1 aromatic carbocycles. The van der Waals surface area contributed by atoms with E-state index in [9.17, 15) is 18.0 Å². The van der Waals surface area contributed by atoms with E-state index in [1.54, 1.807) is 11.4 Å². The summed E-state index contributed by atoms with van der Waals surface area (Å²) in [5.74, 6) is -0.481. The lowest BCUT2D eigenvalue weighted by Crippen LogP contribution is -2.09. The van der Waals surface area contributed by atoms with Crippen LogP contribution in [-0.4, -0.2) is 10.9 Å². The van der Waals surface area contributed by atoms with E-state index in [0.717, 1.165) is 23.5 Å². The first kappa shape index (κ1) is 15.0. The topological polar surface area (TPSA) is 65.8 Å². The lowest BCUT2D eigenvalue weighted by atomic mass is 10.1. The summed E-state index contributed by atoms with van der Waals surface area (Å²) in [6, 6.07) is 6.29. The van der Waals surface area contributed by atoms with Gasteiger partial charge in [0.2, 0.25) is 5.91 Å². The number of hydrogen-bond donors (Lipinski definition) is 1. The van der Waals surface area contributed by atoms with Gasteiger partial charge in [-0.3, -0.25) is 4.79 Å². The quantitative estimate of drug-likeness (QED) is 0.940. The molecule has 1 N–H and O–H groups in total. The minimum atomic E-state index is -4.38. The van der Waals surface area contributed by atoms with E-state index in [-0.39, 0.29) is 6.42 Å². The third-order valence-electron chi connectivity index (χ3n) is 2.50. The first-order chi connectivity index (χ1) is 9.90. The van der Waals surface area contributed by atoms with Gasteiger partial charge in [0.25, 0.3) is 0 Å². The molecule has 0 saturated heterocycles. The number of carbonyl (C=O) groups is 1. The van der Waals surface area contributed by atoms with Crippen molar-refractivity contribution >= 4 is 22.4 Å². The van der Waals surface area contributed by atoms with Crippen molar-refractivity contribution in [1.82, 2.24) is 4.98 Å². The summed E-state index contributed by atoms with van der Waals surface area (Å²) < 4.78 is 37.4. The summed E-state index contributed by atoms with van der Waals surface area (Å²) >= 11 is 1.13. The smallest absolute Gasteiger partial charge is 0.301 e. The zero-order valence-corrected chi connectivity index (χ0v) is 11.3. The SMILES string of the molecule is N#CCC(=O)Nc1nc(-c2ccc(C(F)(F)F)cc2)cs1. The first-order valence-corrected chi connectivity index (χ1v) is 6.58. The number of nitrogens with zero attached hydrogens (tertiary/aromatic N) is 2. The van der Waals surface area contributed by atoms with Crippen LogP contribution in [0.15, 0.2) is 29.6 Å². The normalized spacial score (nSPS) is 11.0. The lowest BCUT2D eigenvalue weighted by Gasteiger charge is -2.06. The fourth-order valence-corrected chi connectivity index (χ4v) is 2.26. The Labute approximate surface area is 121 Å². The summed E-state index contributed by atoms with van der Waals surface area (Å²) in [5, 5.41) is 12.7. The van der Waals surface area contributed by atoms with Gasteiger partial charge in [-0.05, 0) is 12.1 Å². The van der Waals surface area contributed by atoms with Crippen LogP contribution < -0.4 is 5.32 Å². The second kappa shape index (κ2) is 5.93. The molecule has 0 bridgehead atoms. The molecule has 4 nitrogen and oxygen atoms in total. The van der Waals surface area contributed by atoms with Gasteiger partial charge in [-0.25, -0.2) is 4.98 Å². The fourth-order valence-electron chi connectivity index (χ4n) is 1.53. The van der Waals surface area contributed by atoms with E-state index in [1.807, 2.05) is 0 Å². The van der Waals surface area contributed by atoms with Gasteiger partial charge in [0.1, 0.15) is 6.42 Å². The van der Waals surface area contributed by atoms with Gasteiger partial charge in [0.15, 0.2) is 5.13 Å². The van der Waals surface area contributed by atoms with Crippen molar-refractivity contribution in [2.45, 2.75) is 12.6 Å². The zero-order chi connectivity index (χ0) is 15.5. The van der Waals surface area contributed by atoms with E-state index < -0.39 is 17.6 Å². The van der Waals surface area contributed by atoms with Crippen LogP contribution in [0.3, 0.4) is 0 Å². The minimum absolute atomic E-state index is 0.283. The van der Waals surface area contributed by atoms with E-state index in [4.69, 9.17) is 5.26 Å². The molecule has 0 unspecified atom stereocenters. The standard InChI is InChI=1S/C13H8F3N3OS/c14-13(15,16)9-3-1-8(2-4-9)10-7-21-12(18-10)19-11(20)5-6-17/h1-4,7H,5H2,(H,18,19,20). The molecule has 0 aliphatic heterocycles. The lowest BCUT2D eigenvalue weighted by molar-refractivity contribution is -0.137. The molecule has 0 spiro atoms.